The molecule has 2 nitrogen and oxygen atoms in total. The van der Waals surface area contributed by atoms with Crippen molar-refractivity contribution in [2.24, 2.45) is 0 Å². The Morgan fingerprint density at radius 3 is 1.48 bits per heavy atom. The molecule has 2 heteroatoms. The third-order valence-corrected chi connectivity index (χ3v) is 4.22. The number of hydrogen-bond acceptors (Lipinski definition) is 2. The van der Waals surface area contributed by atoms with Crippen LogP contribution >= 0.6 is 0 Å². The summed E-state index contributed by atoms with van der Waals surface area (Å²) >= 11 is 0. The summed E-state index contributed by atoms with van der Waals surface area (Å²) in [6, 6.07) is 2.02. The number of aliphatic hydroxyl groups excluding tert-OH is 1. The van der Waals surface area contributed by atoms with Crippen molar-refractivity contribution in [3.8, 4) is 6.07 Å². The fraction of sp³-hybridized carbons (Fsp3) is 0.947. The van der Waals surface area contributed by atoms with Crippen LogP contribution in [-0.4, -0.2) is 11.2 Å². The number of aliphatic hydroxyl groups is 1. The second-order valence-electron chi connectivity index (χ2n) is 6.40. The molecule has 0 bridgehead atoms. The van der Waals surface area contributed by atoms with Gasteiger partial charge in [0.2, 0.25) is 0 Å². The molecular weight excluding hydrogens is 258 g/mol. The third kappa shape index (κ3) is 17.4. The Morgan fingerprint density at radius 2 is 1.10 bits per heavy atom. The fourth-order valence-corrected chi connectivity index (χ4v) is 2.78. The van der Waals surface area contributed by atoms with Crippen molar-refractivity contribution in [3.63, 3.8) is 0 Å². The molecule has 124 valence electrons. The lowest BCUT2D eigenvalue weighted by Gasteiger charge is -2.06. The maximum atomic E-state index is 9.42. The third-order valence-electron chi connectivity index (χ3n) is 4.22. The van der Waals surface area contributed by atoms with E-state index in [2.05, 4.69) is 6.92 Å². The molecule has 0 spiro atoms. The topological polar surface area (TPSA) is 44.0 Å². The van der Waals surface area contributed by atoms with Crippen LogP contribution in [0.5, 0.6) is 0 Å². The summed E-state index contributed by atoms with van der Waals surface area (Å²) in [5.74, 6) is 0. The lowest BCUT2D eigenvalue weighted by molar-refractivity contribution is 0.165. The quantitative estimate of drug-likeness (QED) is 0.348. The van der Waals surface area contributed by atoms with Gasteiger partial charge >= 0.3 is 0 Å². The van der Waals surface area contributed by atoms with Crippen LogP contribution < -0.4 is 0 Å². The van der Waals surface area contributed by atoms with Gasteiger partial charge in [-0.1, -0.05) is 96.8 Å². The van der Waals surface area contributed by atoms with Crippen LogP contribution in [0.4, 0.5) is 0 Å². The molecule has 0 rings (SSSR count). The Bertz CT molecular complexity index is 234. The normalized spacial score (nSPS) is 12.2. The van der Waals surface area contributed by atoms with Crippen LogP contribution in [0.3, 0.4) is 0 Å². The molecule has 0 heterocycles. The Balaban J connectivity index is 3.01. The molecule has 0 aliphatic rings. The van der Waals surface area contributed by atoms with Crippen molar-refractivity contribution in [2.75, 3.05) is 0 Å². The summed E-state index contributed by atoms with van der Waals surface area (Å²) in [5.41, 5.74) is 0. The molecule has 0 radical (unpaired) electrons. The smallest absolute Gasteiger partial charge is 0.0670 e. The second kappa shape index (κ2) is 17.5. The van der Waals surface area contributed by atoms with Crippen molar-refractivity contribution < 1.29 is 5.11 Å². The van der Waals surface area contributed by atoms with Gasteiger partial charge in [0, 0.05) is 0 Å². The molecule has 1 N–H and O–H groups in total. The summed E-state index contributed by atoms with van der Waals surface area (Å²) in [6.45, 7) is 2.27. The van der Waals surface area contributed by atoms with E-state index < -0.39 is 6.10 Å². The summed E-state index contributed by atoms with van der Waals surface area (Å²) in [5, 5.41) is 17.9. The molecule has 0 saturated heterocycles. The summed E-state index contributed by atoms with van der Waals surface area (Å²) in [4.78, 5) is 0. The van der Waals surface area contributed by atoms with Crippen LogP contribution in [0.15, 0.2) is 0 Å². The van der Waals surface area contributed by atoms with Gasteiger partial charge in [0.25, 0.3) is 0 Å². The highest BCUT2D eigenvalue weighted by Crippen LogP contribution is 2.14. The van der Waals surface area contributed by atoms with E-state index in [1.165, 1.54) is 83.5 Å². The van der Waals surface area contributed by atoms with Crippen molar-refractivity contribution in [3.05, 3.63) is 0 Å². The molecule has 0 aromatic carbocycles. The number of nitriles is 1. The zero-order chi connectivity index (χ0) is 15.6. The first-order valence-electron chi connectivity index (χ1n) is 9.36. The second-order valence-corrected chi connectivity index (χ2v) is 6.40. The summed E-state index contributed by atoms with van der Waals surface area (Å²) < 4.78 is 0. The predicted molar refractivity (Wildman–Crippen MR) is 91.2 cm³/mol. The highest BCUT2D eigenvalue weighted by Gasteiger charge is 2.02. The van der Waals surface area contributed by atoms with Crippen LogP contribution in [0.2, 0.25) is 0 Å². The lowest BCUT2D eigenvalue weighted by atomic mass is 10.0. The maximum absolute atomic E-state index is 9.42. The van der Waals surface area contributed by atoms with Crippen LogP contribution in [0.25, 0.3) is 0 Å². The molecule has 21 heavy (non-hydrogen) atoms. The highest BCUT2D eigenvalue weighted by atomic mass is 16.3. The van der Waals surface area contributed by atoms with E-state index in [1.54, 1.807) is 0 Å². The predicted octanol–water partition coefficient (Wildman–Crippen LogP) is 6.13. The highest BCUT2D eigenvalue weighted by molar-refractivity contribution is 4.74. The van der Waals surface area contributed by atoms with Gasteiger partial charge in [0.15, 0.2) is 0 Å². The minimum Gasteiger partial charge on any atom is -0.392 e. The van der Waals surface area contributed by atoms with Gasteiger partial charge in [-0.2, -0.15) is 5.26 Å². The monoisotopic (exact) mass is 295 g/mol. The van der Waals surface area contributed by atoms with Gasteiger partial charge in [0.1, 0.15) is 0 Å². The van der Waals surface area contributed by atoms with Gasteiger partial charge in [-0.25, -0.2) is 0 Å². The van der Waals surface area contributed by atoms with Crippen molar-refractivity contribution in [2.45, 2.75) is 116 Å². The molecule has 0 amide bonds. The van der Waals surface area contributed by atoms with Gasteiger partial charge in [-0.05, 0) is 6.42 Å². The zero-order valence-electron chi connectivity index (χ0n) is 14.3. The molecule has 0 fully saturated rings. The standard InChI is InChI=1S/C19H37NO/c1-2-3-4-5-6-7-8-9-10-11-12-13-14-15-16-19(21)17-18-20/h19,21H,2-17H2,1H3/t19-/m1/s1. The van der Waals surface area contributed by atoms with Crippen LogP contribution in [0, 0.1) is 11.3 Å². The van der Waals surface area contributed by atoms with Gasteiger partial charge in [-0.15, -0.1) is 0 Å². The van der Waals surface area contributed by atoms with Crippen LogP contribution in [-0.2, 0) is 0 Å². The minimum atomic E-state index is -0.396. The van der Waals surface area contributed by atoms with E-state index in [0.717, 1.165) is 12.8 Å². The molecule has 0 saturated carbocycles. The molecule has 1 atom stereocenters. The van der Waals surface area contributed by atoms with E-state index in [-0.39, 0.29) is 0 Å². The summed E-state index contributed by atoms with van der Waals surface area (Å²) in [6.07, 6.45) is 19.7. The van der Waals surface area contributed by atoms with Gasteiger partial charge < -0.3 is 5.11 Å². The number of unbranched alkanes of at least 4 members (excludes halogenated alkanes) is 13. The molecule has 0 unspecified atom stereocenters. The summed E-state index contributed by atoms with van der Waals surface area (Å²) in [7, 11) is 0. The molecule has 0 aliphatic heterocycles. The molecule has 0 aliphatic carbocycles. The average molecular weight is 296 g/mol. The largest absolute Gasteiger partial charge is 0.392 e. The lowest BCUT2D eigenvalue weighted by Crippen LogP contribution is -2.04. The van der Waals surface area contributed by atoms with E-state index in [4.69, 9.17) is 5.26 Å². The fourth-order valence-electron chi connectivity index (χ4n) is 2.78. The first-order chi connectivity index (χ1) is 10.3. The number of rotatable bonds is 16. The number of nitrogens with zero attached hydrogens (tertiary/aromatic N) is 1. The minimum absolute atomic E-state index is 0.290. The molecule has 0 aromatic rings. The van der Waals surface area contributed by atoms with Crippen molar-refractivity contribution >= 4 is 0 Å². The Morgan fingerprint density at radius 1 is 0.714 bits per heavy atom. The molecule has 0 aromatic heterocycles. The Kier molecular flexibility index (Phi) is 17.0. The average Bonchev–Trinajstić information content (AvgIpc) is 2.48. The number of hydrogen-bond donors (Lipinski definition) is 1. The maximum Gasteiger partial charge on any atom is 0.0670 e. The Hall–Kier alpha value is -0.550. The SMILES string of the molecule is CCCCCCCCCCCCCCCC[C@@H](O)CC#N. The zero-order valence-corrected chi connectivity index (χ0v) is 14.3. The first kappa shape index (κ1) is 20.5. The van der Waals surface area contributed by atoms with E-state index >= 15 is 0 Å². The van der Waals surface area contributed by atoms with Crippen LogP contribution in [0.1, 0.15) is 110 Å². The molecular formula is C19H37NO. The van der Waals surface area contributed by atoms with Gasteiger partial charge in [-0.3, -0.25) is 0 Å². The van der Waals surface area contributed by atoms with E-state index in [9.17, 15) is 5.11 Å². The Labute approximate surface area is 132 Å². The van der Waals surface area contributed by atoms with Crippen molar-refractivity contribution in [1.82, 2.24) is 0 Å². The van der Waals surface area contributed by atoms with Gasteiger partial charge in [0.05, 0.1) is 18.6 Å². The first-order valence-corrected chi connectivity index (χ1v) is 9.36. The van der Waals surface area contributed by atoms with Crippen molar-refractivity contribution in [1.29, 1.82) is 5.26 Å². The van der Waals surface area contributed by atoms with E-state index in [0.29, 0.717) is 6.42 Å². The van der Waals surface area contributed by atoms with E-state index in [1.807, 2.05) is 6.07 Å².